The zero-order valence-corrected chi connectivity index (χ0v) is 20.5. The summed E-state index contributed by atoms with van der Waals surface area (Å²) in [4.78, 5) is 4.83. The second kappa shape index (κ2) is 11.2. The summed E-state index contributed by atoms with van der Waals surface area (Å²) in [6.07, 6.45) is 8.80. The minimum absolute atomic E-state index is 0.254. The van der Waals surface area contributed by atoms with Crippen LogP contribution in [0.15, 0.2) is 53.3 Å². The summed E-state index contributed by atoms with van der Waals surface area (Å²) in [7, 11) is 5.17. The molecule has 0 bridgehead atoms. The van der Waals surface area contributed by atoms with Crippen LogP contribution in [0.3, 0.4) is 0 Å². The van der Waals surface area contributed by atoms with E-state index in [9.17, 15) is 0 Å². The number of nitrogens with one attached hydrogen (secondary N) is 4. The average molecular weight is 479 g/mol. The Bertz CT molecular complexity index is 1140. The highest BCUT2D eigenvalue weighted by Crippen LogP contribution is 2.25. The average Bonchev–Trinajstić information content (AvgIpc) is 3.30. The predicted octanol–water partition coefficient (Wildman–Crippen LogP) is 1.76. The molecule has 0 radical (unpaired) electrons. The molecule has 0 unspecified atom stereocenters. The lowest BCUT2D eigenvalue weighted by atomic mass is 9.90. The molecule has 1 fully saturated rings. The molecule has 0 spiro atoms. The van der Waals surface area contributed by atoms with E-state index in [1.807, 2.05) is 37.5 Å². The predicted molar refractivity (Wildman–Crippen MR) is 138 cm³/mol. The van der Waals surface area contributed by atoms with Gasteiger partial charge in [0.25, 0.3) is 0 Å². The van der Waals surface area contributed by atoms with Crippen LogP contribution in [0.1, 0.15) is 24.0 Å². The topological polar surface area (TPSA) is 135 Å². The number of rotatable bonds is 9. The zero-order chi connectivity index (χ0) is 24.8. The minimum Gasteiger partial charge on any atom is -0.497 e. The number of nitrogens with zero attached hydrogens (tertiary/aromatic N) is 3. The molecule has 3 heterocycles. The first-order valence-electron chi connectivity index (χ1n) is 11.7. The number of allylic oxidation sites excluding steroid dienone is 2. The van der Waals surface area contributed by atoms with Crippen LogP contribution in [-0.4, -0.2) is 55.1 Å². The summed E-state index contributed by atoms with van der Waals surface area (Å²) in [6.45, 7) is 2.40. The van der Waals surface area contributed by atoms with Gasteiger partial charge in [-0.3, -0.25) is 4.68 Å². The fraction of sp³-hybridized carbons (Fsp3) is 0.400. The van der Waals surface area contributed by atoms with Crippen LogP contribution >= 0.6 is 0 Å². The van der Waals surface area contributed by atoms with Crippen molar-refractivity contribution in [1.82, 2.24) is 25.7 Å². The van der Waals surface area contributed by atoms with Crippen molar-refractivity contribution in [2.24, 2.45) is 23.7 Å². The molecular formula is C25H34N8O2. The third kappa shape index (κ3) is 5.90. The number of benzene rings is 1. The van der Waals surface area contributed by atoms with E-state index in [4.69, 9.17) is 25.6 Å². The van der Waals surface area contributed by atoms with E-state index in [0.717, 1.165) is 60.8 Å². The maximum Gasteiger partial charge on any atom is 0.141 e. The Hall–Kier alpha value is -3.63. The van der Waals surface area contributed by atoms with Gasteiger partial charge in [-0.2, -0.15) is 5.10 Å². The monoisotopic (exact) mass is 478 g/mol. The maximum absolute atomic E-state index is 7.90. The summed E-state index contributed by atoms with van der Waals surface area (Å²) in [6, 6.07) is 6.25. The highest BCUT2D eigenvalue weighted by molar-refractivity contribution is 6.10. The van der Waals surface area contributed by atoms with E-state index in [-0.39, 0.29) is 5.92 Å². The lowest BCUT2D eigenvalue weighted by Gasteiger charge is -2.31. The highest BCUT2D eigenvalue weighted by atomic mass is 16.5. The third-order valence-corrected chi connectivity index (χ3v) is 6.36. The van der Waals surface area contributed by atoms with Gasteiger partial charge in [0.15, 0.2) is 0 Å². The molecule has 1 aromatic carbocycles. The number of hydrogen-bond acceptors (Lipinski definition) is 9. The number of aryl methyl sites for hydroxylation is 1. The van der Waals surface area contributed by atoms with E-state index in [1.165, 1.54) is 6.21 Å². The number of aromatic nitrogens is 2. The van der Waals surface area contributed by atoms with E-state index >= 15 is 0 Å². The molecule has 2 aliphatic rings. The Labute approximate surface area is 205 Å². The Kier molecular flexibility index (Phi) is 7.84. The molecule has 1 aromatic heterocycles. The van der Waals surface area contributed by atoms with Gasteiger partial charge in [0.1, 0.15) is 23.1 Å². The summed E-state index contributed by atoms with van der Waals surface area (Å²) < 4.78 is 12.5. The normalized spacial score (nSPS) is 21.5. The molecule has 0 saturated carbocycles. The van der Waals surface area contributed by atoms with Crippen molar-refractivity contribution in [2.45, 2.75) is 25.4 Å². The van der Waals surface area contributed by atoms with Crippen LogP contribution in [-0.2, 0) is 13.6 Å². The van der Waals surface area contributed by atoms with Crippen LogP contribution in [0.2, 0.25) is 0 Å². The molecule has 0 aliphatic carbocycles. The molecule has 6 N–H and O–H groups in total. The van der Waals surface area contributed by atoms with Crippen LogP contribution in [0.25, 0.3) is 5.57 Å². The van der Waals surface area contributed by atoms with Gasteiger partial charge < -0.3 is 36.6 Å². The minimum atomic E-state index is 0.254. The number of hydrogen-bond donors (Lipinski definition) is 5. The molecule has 1 saturated heterocycles. The van der Waals surface area contributed by atoms with Gasteiger partial charge in [0, 0.05) is 79.9 Å². The van der Waals surface area contributed by atoms with E-state index < -0.39 is 0 Å². The van der Waals surface area contributed by atoms with Gasteiger partial charge in [0.2, 0.25) is 0 Å². The summed E-state index contributed by atoms with van der Waals surface area (Å²) in [5.74, 6) is 2.98. The molecule has 4 rings (SSSR count). The third-order valence-electron chi connectivity index (χ3n) is 6.36. The Morgan fingerprint density at radius 1 is 1.31 bits per heavy atom. The smallest absolute Gasteiger partial charge is 0.141 e. The molecule has 10 heteroatoms. The lowest BCUT2D eigenvalue weighted by molar-refractivity contribution is 0.347. The summed E-state index contributed by atoms with van der Waals surface area (Å²) in [5, 5.41) is 22.4. The van der Waals surface area contributed by atoms with Crippen LogP contribution in [0.4, 0.5) is 0 Å². The Morgan fingerprint density at radius 3 is 2.83 bits per heavy atom. The summed E-state index contributed by atoms with van der Waals surface area (Å²) in [5.41, 5.74) is 9.69. The van der Waals surface area contributed by atoms with Crippen LogP contribution in [0.5, 0.6) is 11.5 Å². The van der Waals surface area contributed by atoms with Gasteiger partial charge in [0.05, 0.1) is 26.1 Å². The van der Waals surface area contributed by atoms with E-state index in [0.29, 0.717) is 23.3 Å². The van der Waals surface area contributed by atoms with Crippen molar-refractivity contribution in [3.63, 3.8) is 0 Å². The SMILES string of the molecule is COc1ccc(CNC[C@@H]2CC[C@H](C3=N/C(=C(/C=N)c4cnn(C)c4)NC(N)=C3)CN2)c(OC)c1. The second-order valence-electron chi connectivity index (χ2n) is 8.76. The lowest BCUT2D eigenvalue weighted by Crippen LogP contribution is -2.46. The van der Waals surface area contributed by atoms with Crippen molar-refractivity contribution < 1.29 is 9.47 Å². The van der Waals surface area contributed by atoms with E-state index in [2.05, 4.69) is 21.0 Å². The summed E-state index contributed by atoms with van der Waals surface area (Å²) >= 11 is 0. The van der Waals surface area contributed by atoms with Gasteiger partial charge in [-0.05, 0) is 18.9 Å². The Morgan fingerprint density at radius 2 is 2.17 bits per heavy atom. The standard InChI is InChI=1S/C25H34N8O2/c1-33-15-18(13-30-33)21(10-26)25-31-22(9-24(27)32-25)16-4-6-19(29-12-16)14-28-11-17-5-7-20(34-2)8-23(17)35-3/h5,7-10,13,15-16,19,26,28-29,32H,4,6,11-12,14,27H2,1-3H3/b25-21+,26-10?/t16-,19-/m0/s1. The first-order chi connectivity index (χ1) is 17.0. The fourth-order valence-corrected chi connectivity index (χ4v) is 4.43. The number of methoxy groups -OCH3 is 2. The quantitative estimate of drug-likeness (QED) is 0.347. The van der Waals surface area contributed by atoms with Crippen LogP contribution in [0, 0.1) is 11.3 Å². The highest BCUT2D eigenvalue weighted by Gasteiger charge is 2.26. The van der Waals surface area contributed by atoms with Crippen molar-refractivity contribution in [3.8, 4) is 11.5 Å². The van der Waals surface area contributed by atoms with Crippen molar-refractivity contribution in [3.05, 3.63) is 59.4 Å². The molecule has 35 heavy (non-hydrogen) atoms. The maximum atomic E-state index is 7.90. The molecule has 186 valence electrons. The number of nitrogens with two attached hydrogens (primary N) is 1. The van der Waals surface area contributed by atoms with Gasteiger partial charge in [-0.25, -0.2) is 4.99 Å². The number of aliphatic imine (C=N–C) groups is 1. The fourth-order valence-electron chi connectivity index (χ4n) is 4.43. The van der Waals surface area contributed by atoms with Crippen molar-refractivity contribution in [1.29, 1.82) is 5.41 Å². The molecule has 2 aromatic rings. The van der Waals surface area contributed by atoms with E-state index in [1.54, 1.807) is 25.1 Å². The second-order valence-corrected chi connectivity index (χ2v) is 8.76. The first kappa shape index (κ1) is 24.5. The molecule has 0 amide bonds. The van der Waals surface area contributed by atoms with Gasteiger partial charge >= 0.3 is 0 Å². The first-order valence-corrected chi connectivity index (χ1v) is 11.7. The zero-order valence-electron chi connectivity index (χ0n) is 20.5. The molecule has 2 atom stereocenters. The van der Waals surface area contributed by atoms with Gasteiger partial charge in [-0.15, -0.1) is 0 Å². The number of piperidine rings is 1. The number of ether oxygens (including phenoxy) is 2. The Balaban J connectivity index is 1.35. The van der Waals surface area contributed by atoms with Crippen molar-refractivity contribution >= 4 is 17.5 Å². The largest absolute Gasteiger partial charge is 0.497 e. The van der Waals surface area contributed by atoms with Gasteiger partial charge in [-0.1, -0.05) is 6.07 Å². The molecule has 2 aliphatic heterocycles. The molecule has 10 nitrogen and oxygen atoms in total. The van der Waals surface area contributed by atoms with Crippen molar-refractivity contribution in [2.75, 3.05) is 27.3 Å². The van der Waals surface area contributed by atoms with Crippen LogP contribution < -0.4 is 31.2 Å². The molecular weight excluding hydrogens is 444 g/mol.